The van der Waals surface area contributed by atoms with Gasteiger partial charge in [0.05, 0.1) is 4.88 Å². The van der Waals surface area contributed by atoms with E-state index in [0.717, 1.165) is 29.7 Å². The highest BCUT2D eigenvalue weighted by atomic mass is 32.1. The molecule has 1 aromatic carbocycles. The van der Waals surface area contributed by atoms with Crippen LogP contribution < -0.4 is 0 Å². The molecule has 0 radical (unpaired) electrons. The zero-order valence-electron chi connectivity index (χ0n) is 13.8. The van der Waals surface area contributed by atoms with Crippen LogP contribution in [-0.4, -0.2) is 35.6 Å². The number of carbonyl (C=O) groups is 1. The molecule has 24 heavy (non-hydrogen) atoms. The van der Waals surface area contributed by atoms with Gasteiger partial charge in [0.2, 0.25) is 0 Å². The first-order chi connectivity index (χ1) is 11.6. The van der Waals surface area contributed by atoms with Crippen LogP contribution in [-0.2, 0) is 0 Å². The highest BCUT2D eigenvalue weighted by Crippen LogP contribution is 2.35. The van der Waals surface area contributed by atoms with Gasteiger partial charge in [0.15, 0.2) is 0 Å². The van der Waals surface area contributed by atoms with E-state index in [1.54, 1.807) is 12.1 Å². The summed E-state index contributed by atoms with van der Waals surface area (Å²) >= 11 is 1.44. The molecule has 1 aliphatic rings. The molecule has 3 nitrogen and oxygen atoms in total. The number of carbonyl (C=O) groups excluding carboxylic acids is 1. The molecule has 1 saturated heterocycles. The number of aliphatic hydroxyl groups is 1. The number of nitrogens with zero attached hydrogens (tertiary/aromatic N) is 1. The van der Waals surface area contributed by atoms with E-state index in [0.29, 0.717) is 18.0 Å². The number of benzene rings is 1. The van der Waals surface area contributed by atoms with E-state index in [-0.39, 0.29) is 23.7 Å². The third-order valence-electron chi connectivity index (χ3n) is 5.14. The number of aliphatic hydroxyl groups excluding tert-OH is 1. The minimum atomic E-state index is -0.261. The van der Waals surface area contributed by atoms with Crippen LogP contribution in [0.15, 0.2) is 36.4 Å². The Labute approximate surface area is 145 Å². The van der Waals surface area contributed by atoms with Crippen molar-refractivity contribution >= 4 is 17.2 Å². The molecular weight excluding hydrogens is 325 g/mol. The maximum absolute atomic E-state index is 13.0. The highest BCUT2D eigenvalue weighted by molar-refractivity contribution is 7.17. The van der Waals surface area contributed by atoms with Gasteiger partial charge in [-0.1, -0.05) is 19.1 Å². The third-order valence-corrected chi connectivity index (χ3v) is 6.26. The van der Waals surface area contributed by atoms with E-state index in [9.17, 15) is 14.3 Å². The van der Waals surface area contributed by atoms with Crippen LogP contribution in [0.5, 0.6) is 0 Å². The van der Waals surface area contributed by atoms with Crippen molar-refractivity contribution in [1.29, 1.82) is 0 Å². The Morgan fingerprint density at radius 2 is 1.88 bits per heavy atom. The van der Waals surface area contributed by atoms with Gasteiger partial charge in [-0.3, -0.25) is 4.79 Å². The summed E-state index contributed by atoms with van der Waals surface area (Å²) in [6.45, 7) is 3.68. The Kier molecular flexibility index (Phi) is 5.01. The number of hydrogen-bond acceptors (Lipinski definition) is 3. The van der Waals surface area contributed by atoms with Crippen molar-refractivity contribution in [2.75, 3.05) is 19.7 Å². The molecule has 3 rings (SSSR count). The van der Waals surface area contributed by atoms with Crippen molar-refractivity contribution in [2.45, 2.75) is 26.2 Å². The Morgan fingerprint density at radius 3 is 2.46 bits per heavy atom. The third kappa shape index (κ3) is 3.37. The van der Waals surface area contributed by atoms with Crippen LogP contribution in [0.1, 0.15) is 35.9 Å². The fourth-order valence-electron chi connectivity index (χ4n) is 3.19. The molecule has 128 valence electrons. The zero-order valence-corrected chi connectivity index (χ0v) is 14.6. The molecule has 5 heteroatoms. The first-order valence-corrected chi connectivity index (χ1v) is 9.14. The highest BCUT2D eigenvalue weighted by Gasteiger charge is 2.34. The van der Waals surface area contributed by atoms with E-state index < -0.39 is 0 Å². The largest absolute Gasteiger partial charge is 0.396 e. The van der Waals surface area contributed by atoms with Crippen molar-refractivity contribution in [3.05, 3.63) is 47.1 Å². The van der Waals surface area contributed by atoms with E-state index in [2.05, 4.69) is 6.92 Å². The van der Waals surface area contributed by atoms with Crippen molar-refractivity contribution in [1.82, 2.24) is 4.90 Å². The molecule has 1 amide bonds. The second kappa shape index (κ2) is 7.03. The summed E-state index contributed by atoms with van der Waals surface area (Å²) in [6, 6.07) is 10.1. The smallest absolute Gasteiger partial charge is 0.263 e. The Hall–Kier alpha value is -1.72. The minimum Gasteiger partial charge on any atom is -0.396 e. The summed E-state index contributed by atoms with van der Waals surface area (Å²) in [6.07, 6.45) is 2.64. The number of thiophene rings is 1. The molecule has 0 bridgehead atoms. The average molecular weight is 347 g/mol. The predicted molar refractivity (Wildman–Crippen MR) is 94.7 cm³/mol. The van der Waals surface area contributed by atoms with Crippen LogP contribution in [0.4, 0.5) is 4.39 Å². The molecule has 1 aromatic heterocycles. The van der Waals surface area contributed by atoms with Gasteiger partial charge in [0.25, 0.3) is 5.91 Å². The van der Waals surface area contributed by atoms with Crippen LogP contribution in [0.25, 0.3) is 10.4 Å². The summed E-state index contributed by atoms with van der Waals surface area (Å²) in [5.41, 5.74) is 0.898. The number of piperidine rings is 1. The lowest BCUT2D eigenvalue weighted by Gasteiger charge is -2.40. The Bertz CT molecular complexity index is 696. The van der Waals surface area contributed by atoms with Gasteiger partial charge in [0, 0.05) is 24.6 Å². The Morgan fingerprint density at radius 1 is 1.21 bits per heavy atom. The quantitative estimate of drug-likeness (QED) is 0.901. The number of likely N-dealkylation sites (tertiary alicyclic amines) is 1. The van der Waals surface area contributed by atoms with E-state index >= 15 is 0 Å². The molecule has 0 unspecified atom stereocenters. The second-order valence-corrected chi connectivity index (χ2v) is 7.56. The van der Waals surface area contributed by atoms with E-state index in [1.807, 2.05) is 17.0 Å². The van der Waals surface area contributed by atoms with Crippen LogP contribution in [0.3, 0.4) is 0 Å². The van der Waals surface area contributed by atoms with Gasteiger partial charge < -0.3 is 10.0 Å². The number of rotatable bonds is 4. The van der Waals surface area contributed by atoms with Crippen molar-refractivity contribution < 1.29 is 14.3 Å². The first-order valence-electron chi connectivity index (χ1n) is 8.33. The fraction of sp³-hybridized carbons (Fsp3) is 0.421. The summed E-state index contributed by atoms with van der Waals surface area (Å²) in [4.78, 5) is 16.3. The zero-order chi connectivity index (χ0) is 17.2. The van der Waals surface area contributed by atoms with Crippen molar-refractivity contribution in [3.8, 4) is 10.4 Å². The monoisotopic (exact) mass is 347 g/mol. The molecule has 2 aromatic rings. The topological polar surface area (TPSA) is 40.5 Å². The molecule has 0 spiro atoms. The van der Waals surface area contributed by atoms with Crippen LogP contribution in [0, 0.1) is 11.2 Å². The molecule has 0 atom stereocenters. The van der Waals surface area contributed by atoms with Crippen LogP contribution in [0.2, 0.25) is 0 Å². The standard InChI is InChI=1S/C19H22FNO2S/c1-2-19(13-22)9-11-21(12-10-19)18(23)17-8-7-16(24-17)14-3-5-15(20)6-4-14/h3-8,22H,2,9-13H2,1H3. The van der Waals surface area contributed by atoms with Gasteiger partial charge in [-0.05, 0) is 54.5 Å². The second-order valence-electron chi connectivity index (χ2n) is 6.47. The van der Waals surface area contributed by atoms with E-state index in [1.165, 1.54) is 23.5 Å². The summed E-state index contributed by atoms with van der Waals surface area (Å²) < 4.78 is 13.0. The SMILES string of the molecule is CCC1(CO)CCN(C(=O)c2ccc(-c3ccc(F)cc3)s2)CC1. The molecular formula is C19H22FNO2S. The predicted octanol–water partition coefficient (Wildman–Crippen LogP) is 4.18. The molecule has 1 fully saturated rings. The average Bonchev–Trinajstić information content (AvgIpc) is 3.12. The summed E-state index contributed by atoms with van der Waals surface area (Å²) in [5, 5.41) is 9.60. The molecule has 2 heterocycles. The van der Waals surface area contributed by atoms with Crippen molar-refractivity contribution in [3.63, 3.8) is 0 Å². The summed E-state index contributed by atoms with van der Waals surface area (Å²) in [5.74, 6) is -0.209. The van der Waals surface area contributed by atoms with Gasteiger partial charge in [-0.15, -0.1) is 11.3 Å². The first kappa shape index (κ1) is 17.1. The number of hydrogen-bond donors (Lipinski definition) is 1. The maximum Gasteiger partial charge on any atom is 0.263 e. The molecule has 0 aliphatic carbocycles. The summed E-state index contributed by atoms with van der Waals surface area (Å²) in [7, 11) is 0. The van der Waals surface area contributed by atoms with Gasteiger partial charge in [-0.25, -0.2) is 4.39 Å². The fourth-order valence-corrected chi connectivity index (χ4v) is 4.17. The molecule has 1 N–H and O–H groups in total. The maximum atomic E-state index is 13.0. The van der Waals surface area contributed by atoms with Crippen molar-refractivity contribution in [2.24, 2.45) is 5.41 Å². The lowest BCUT2D eigenvalue weighted by atomic mass is 9.77. The molecule has 0 saturated carbocycles. The minimum absolute atomic E-state index is 0.0223. The lowest BCUT2D eigenvalue weighted by molar-refractivity contribution is 0.0341. The lowest BCUT2D eigenvalue weighted by Crippen LogP contribution is -2.44. The number of amides is 1. The Balaban J connectivity index is 1.69. The van der Waals surface area contributed by atoms with Gasteiger partial charge in [0.1, 0.15) is 5.82 Å². The molecule has 1 aliphatic heterocycles. The van der Waals surface area contributed by atoms with Gasteiger partial charge in [-0.2, -0.15) is 0 Å². The number of halogens is 1. The van der Waals surface area contributed by atoms with Gasteiger partial charge >= 0.3 is 0 Å². The normalized spacial score (nSPS) is 17.0. The van der Waals surface area contributed by atoms with Crippen LogP contribution >= 0.6 is 11.3 Å². The van der Waals surface area contributed by atoms with E-state index in [4.69, 9.17) is 0 Å².